The van der Waals surface area contributed by atoms with Gasteiger partial charge in [-0.3, -0.25) is 9.55 Å². The summed E-state index contributed by atoms with van der Waals surface area (Å²) in [7, 11) is 1.66. The Hall–Kier alpha value is -2.14. The average molecular weight is 271 g/mol. The van der Waals surface area contributed by atoms with Gasteiger partial charge in [0.25, 0.3) is 0 Å². The molecule has 96 valence electrons. The smallest absolute Gasteiger partial charge is 0.182 e. The Morgan fingerprint density at radius 1 is 1.32 bits per heavy atom. The molecule has 0 radical (unpaired) electrons. The molecule has 0 aliphatic rings. The quantitative estimate of drug-likeness (QED) is 0.726. The number of nitrogens with one attached hydrogen (secondary N) is 1. The predicted molar refractivity (Wildman–Crippen MR) is 77.5 cm³/mol. The maximum absolute atomic E-state index is 5.40. The summed E-state index contributed by atoms with van der Waals surface area (Å²) in [6, 6.07) is 7.89. The van der Waals surface area contributed by atoms with E-state index in [1.165, 1.54) is 0 Å². The fourth-order valence-electron chi connectivity index (χ4n) is 2.20. The molecule has 1 aromatic carbocycles. The molecule has 4 nitrogen and oxygen atoms in total. The van der Waals surface area contributed by atoms with E-state index in [1.807, 2.05) is 35.8 Å². The lowest BCUT2D eigenvalue weighted by molar-refractivity contribution is 0.414. The second-order valence-corrected chi connectivity index (χ2v) is 4.70. The third kappa shape index (κ3) is 1.92. The van der Waals surface area contributed by atoms with E-state index in [-0.39, 0.29) is 0 Å². The molecule has 0 spiro atoms. The zero-order valence-corrected chi connectivity index (χ0v) is 11.5. The molecule has 3 aromatic rings. The molecule has 2 aromatic heterocycles. The maximum Gasteiger partial charge on any atom is 0.182 e. The van der Waals surface area contributed by atoms with Gasteiger partial charge in [-0.05, 0) is 49.0 Å². The Morgan fingerprint density at radius 2 is 2.16 bits per heavy atom. The summed E-state index contributed by atoms with van der Waals surface area (Å²) in [5.41, 5.74) is 4.10. The molecule has 0 fully saturated rings. The van der Waals surface area contributed by atoms with Crippen LogP contribution in [0.4, 0.5) is 0 Å². The van der Waals surface area contributed by atoms with Crippen LogP contribution in [0.2, 0.25) is 0 Å². The molecule has 0 saturated heterocycles. The van der Waals surface area contributed by atoms with Gasteiger partial charge in [0.05, 0.1) is 30.0 Å². The van der Waals surface area contributed by atoms with Crippen molar-refractivity contribution in [3.8, 4) is 11.4 Å². The van der Waals surface area contributed by atoms with E-state index in [9.17, 15) is 0 Å². The topological polar surface area (TPSA) is 42.8 Å². The van der Waals surface area contributed by atoms with Gasteiger partial charge in [-0.2, -0.15) is 0 Å². The first-order chi connectivity index (χ1) is 9.20. The van der Waals surface area contributed by atoms with Crippen LogP contribution in [0.1, 0.15) is 5.56 Å². The lowest BCUT2D eigenvalue weighted by Gasteiger charge is -2.10. The Bertz CT molecular complexity index is 804. The number of imidazole rings is 1. The molecule has 0 bridgehead atoms. The lowest BCUT2D eigenvalue weighted by atomic mass is 10.2. The predicted octanol–water partition coefficient (Wildman–Crippen LogP) is 3.40. The minimum atomic E-state index is 0.663. The number of methoxy groups -OCH3 is 1. The first-order valence-corrected chi connectivity index (χ1v) is 6.31. The van der Waals surface area contributed by atoms with E-state index in [4.69, 9.17) is 17.0 Å². The van der Waals surface area contributed by atoms with E-state index < -0.39 is 0 Å². The number of benzene rings is 1. The van der Waals surface area contributed by atoms with Crippen LogP contribution in [0.15, 0.2) is 36.7 Å². The van der Waals surface area contributed by atoms with Crippen LogP contribution < -0.4 is 4.74 Å². The van der Waals surface area contributed by atoms with Crippen LogP contribution in [-0.2, 0) is 0 Å². The van der Waals surface area contributed by atoms with Crippen molar-refractivity contribution in [1.82, 2.24) is 14.5 Å². The Kier molecular flexibility index (Phi) is 2.83. The van der Waals surface area contributed by atoms with Crippen molar-refractivity contribution < 1.29 is 4.74 Å². The van der Waals surface area contributed by atoms with Gasteiger partial charge in [0.15, 0.2) is 4.77 Å². The van der Waals surface area contributed by atoms with Crippen molar-refractivity contribution >= 4 is 23.3 Å². The van der Waals surface area contributed by atoms with Crippen molar-refractivity contribution in [2.45, 2.75) is 6.92 Å². The van der Waals surface area contributed by atoms with Gasteiger partial charge in [-0.15, -0.1) is 0 Å². The van der Waals surface area contributed by atoms with Gasteiger partial charge >= 0.3 is 0 Å². The third-order valence-corrected chi connectivity index (χ3v) is 3.41. The number of fused-ring (bicyclic) bond motifs is 1. The van der Waals surface area contributed by atoms with Gasteiger partial charge in [-0.25, -0.2) is 0 Å². The van der Waals surface area contributed by atoms with Crippen LogP contribution in [0.5, 0.6) is 5.75 Å². The number of hydrogen-bond donors (Lipinski definition) is 1. The van der Waals surface area contributed by atoms with Gasteiger partial charge < -0.3 is 9.72 Å². The molecule has 1 N–H and O–H groups in total. The normalized spacial score (nSPS) is 10.8. The molecule has 0 saturated carbocycles. The fourth-order valence-corrected chi connectivity index (χ4v) is 2.51. The molecular weight excluding hydrogens is 258 g/mol. The molecular formula is C14H13N3OS. The Balaban J connectivity index is 2.30. The van der Waals surface area contributed by atoms with Crippen LogP contribution in [0, 0.1) is 11.7 Å². The molecule has 3 rings (SSSR count). The minimum absolute atomic E-state index is 0.663. The summed E-state index contributed by atoms with van der Waals surface area (Å²) in [4.78, 5) is 7.27. The maximum atomic E-state index is 5.40. The monoisotopic (exact) mass is 271 g/mol. The summed E-state index contributed by atoms with van der Waals surface area (Å²) in [5.74, 6) is 0.842. The SMILES string of the molecule is COc1ccc(-n2c(=S)[nH]c3cnccc32)c(C)c1. The number of aryl methyl sites for hydroxylation is 1. The summed E-state index contributed by atoms with van der Waals surface area (Å²) >= 11 is 5.40. The van der Waals surface area contributed by atoms with Crippen LogP contribution >= 0.6 is 12.2 Å². The number of rotatable bonds is 2. The Labute approximate surface area is 115 Å². The van der Waals surface area contributed by atoms with Crippen molar-refractivity contribution in [1.29, 1.82) is 0 Å². The minimum Gasteiger partial charge on any atom is -0.497 e. The first-order valence-electron chi connectivity index (χ1n) is 5.90. The average Bonchev–Trinajstić information content (AvgIpc) is 2.75. The first kappa shape index (κ1) is 11.9. The number of aromatic nitrogens is 3. The summed E-state index contributed by atoms with van der Waals surface area (Å²) in [6.07, 6.45) is 3.54. The standard InChI is InChI=1S/C14H13N3OS/c1-9-7-10(18-2)3-4-12(9)17-13-5-6-15-8-11(13)16-14(17)19/h3-8H,1-2H3,(H,16,19). The number of H-pyrrole nitrogens is 1. The third-order valence-electron chi connectivity index (χ3n) is 3.13. The van der Waals surface area contributed by atoms with E-state index in [0.717, 1.165) is 28.0 Å². The van der Waals surface area contributed by atoms with E-state index in [1.54, 1.807) is 19.5 Å². The van der Waals surface area contributed by atoms with Gasteiger partial charge in [0.2, 0.25) is 0 Å². The second kappa shape index (κ2) is 4.51. The molecule has 0 aliphatic heterocycles. The van der Waals surface area contributed by atoms with Crippen molar-refractivity contribution in [2.24, 2.45) is 0 Å². The summed E-state index contributed by atoms with van der Waals surface area (Å²) in [6.45, 7) is 2.04. The van der Waals surface area contributed by atoms with E-state index >= 15 is 0 Å². The molecule has 0 unspecified atom stereocenters. The summed E-state index contributed by atoms with van der Waals surface area (Å²) in [5, 5.41) is 0. The van der Waals surface area contributed by atoms with Gasteiger partial charge in [-0.1, -0.05) is 0 Å². The number of ether oxygens (including phenoxy) is 1. The molecule has 5 heteroatoms. The number of pyridine rings is 1. The zero-order chi connectivity index (χ0) is 13.4. The highest BCUT2D eigenvalue weighted by Crippen LogP contribution is 2.24. The second-order valence-electron chi connectivity index (χ2n) is 4.31. The van der Waals surface area contributed by atoms with Crippen LogP contribution in [-0.4, -0.2) is 21.6 Å². The number of hydrogen-bond acceptors (Lipinski definition) is 3. The number of aromatic amines is 1. The van der Waals surface area contributed by atoms with Gasteiger partial charge in [0, 0.05) is 6.20 Å². The Morgan fingerprint density at radius 3 is 2.89 bits per heavy atom. The molecule has 0 aliphatic carbocycles. The zero-order valence-electron chi connectivity index (χ0n) is 10.7. The fraction of sp³-hybridized carbons (Fsp3) is 0.143. The molecule has 0 atom stereocenters. The van der Waals surface area contributed by atoms with Crippen LogP contribution in [0.3, 0.4) is 0 Å². The van der Waals surface area contributed by atoms with Crippen molar-refractivity contribution in [3.05, 3.63) is 47.0 Å². The highest BCUT2D eigenvalue weighted by molar-refractivity contribution is 7.71. The molecule has 0 amide bonds. The highest BCUT2D eigenvalue weighted by atomic mass is 32.1. The highest BCUT2D eigenvalue weighted by Gasteiger charge is 2.09. The largest absolute Gasteiger partial charge is 0.497 e. The lowest BCUT2D eigenvalue weighted by Crippen LogP contribution is -1.97. The molecule has 19 heavy (non-hydrogen) atoms. The molecule has 2 heterocycles. The van der Waals surface area contributed by atoms with Gasteiger partial charge in [0.1, 0.15) is 5.75 Å². The van der Waals surface area contributed by atoms with Crippen LogP contribution in [0.25, 0.3) is 16.7 Å². The van der Waals surface area contributed by atoms with E-state index in [2.05, 4.69) is 9.97 Å². The number of nitrogens with zero attached hydrogens (tertiary/aromatic N) is 2. The summed E-state index contributed by atoms with van der Waals surface area (Å²) < 4.78 is 7.91. The van der Waals surface area contributed by atoms with Crippen molar-refractivity contribution in [3.63, 3.8) is 0 Å². The van der Waals surface area contributed by atoms with E-state index in [0.29, 0.717) is 4.77 Å². The van der Waals surface area contributed by atoms with Crippen molar-refractivity contribution in [2.75, 3.05) is 7.11 Å².